The van der Waals surface area contributed by atoms with Gasteiger partial charge in [0, 0.05) is 4.88 Å². The van der Waals surface area contributed by atoms with Gasteiger partial charge in [0.05, 0.1) is 27.8 Å². The third kappa shape index (κ3) is 2.78. The second-order valence-corrected chi connectivity index (χ2v) is 5.37. The standard InChI is InChI=1S/C10H9Cl2N3S/c11-8-3-6(13)4-14-10(8)15-5-7-1-2-9(12)16-7/h1-4H,5,13H2,(H,14,15). The summed E-state index contributed by atoms with van der Waals surface area (Å²) in [6, 6.07) is 5.49. The molecule has 0 aliphatic rings. The largest absolute Gasteiger partial charge is 0.397 e. The van der Waals surface area contributed by atoms with Crippen molar-refractivity contribution in [3.8, 4) is 0 Å². The highest BCUT2D eigenvalue weighted by atomic mass is 35.5. The number of aromatic nitrogens is 1. The maximum atomic E-state index is 5.97. The van der Waals surface area contributed by atoms with E-state index in [4.69, 9.17) is 28.9 Å². The molecule has 3 nitrogen and oxygen atoms in total. The zero-order chi connectivity index (χ0) is 11.5. The predicted octanol–water partition coefficient (Wildman–Crippen LogP) is 3.64. The first kappa shape index (κ1) is 11.5. The highest BCUT2D eigenvalue weighted by Gasteiger charge is 2.03. The average molecular weight is 274 g/mol. The van der Waals surface area contributed by atoms with Crippen LogP contribution in [0.2, 0.25) is 9.36 Å². The predicted molar refractivity (Wildman–Crippen MR) is 70.3 cm³/mol. The molecule has 0 unspecified atom stereocenters. The lowest BCUT2D eigenvalue weighted by Gasteiger charge is -2.06. The van der Waals surface area contributed by atoms with Crippen LogP contribution in [0.15, 0.2) is 24.4 Å². The van der Waals surface area contributed by atoms with Gasteiger partial charge >= 0.3 is 0 Å². The van der Waals surface area contributed by atoms with E-state index in [1.54, 1.807) is 12.3 Å². The molecule has 0 aliphatic heterocycles. The van der Waals surface area contributed by atoms with Crippen LogP contribution >= 0.6 is 34.5 Å². The number of nitrogen functional groups attached to an aromatic ring is 1. The van der Waals surface area contributed by atoms with Crippen molar-refractivity contribution in [1.29, 1.82) is 0 Å². The molecule has 2 heterocycles. The van der Waals surface area contributed by atoms with Crippen LogP contribution in [0.25, 0.3) is 0 Å². The lowest BCUT2D eigenvalue weighted by molar-refractivity contribution is 1.14. The number of thiophene rings is 1. The molecular formula is C10H9Cl2N3S. The maximum absolute atomic E-state index is 5.97. The Labute approximate surface area is 107 Å². The molecule has 2 aromatic heterocycles. The van der Waals surface area contributed by atoms with Crippen molar-refractivity contribution in [3.63, 3.8) is 0 Å². The zero-order valence-electron chi connectivity index (χ0n) is 8.21. The number of nitrogens with one attached hydrogen (secondary N) is 1. The Bertz CT molecular complexity index is 499. The van der Waals surface area contributed by atoms with Gasteiger partial charge in [0.15, 0.2) is 0 Å². The Hall–Kier alpha value is -0.970. The van der Waals surface area contributed by atoms with Crippen molar-refractivity contribution < 1.29 is 0 Å². The summed E-state index contributed by atoms with van der Waals surface area (Å²) in [6.45, 7) is 0.647. The van der Waals surface area contributed by atoms with Crippen LogP contribution in [0.5, 0.6) is 0 Å². The summed E-state index contributed by atoms with van der Waals surface area (Å²) in [6.07, 6.45) is 1.57. The molecule has 3 N–H and O–H groups in total. The van der Waals surface area contributed by atoms with Crippen LogP contribution in [-0.2, 0) is 6.54 Å². The fraction of sp³-hybridized carbons (Fsp3) is 0.100. The van der Waals surface area contributed by atoms with Gasteiger partial charge in [-0.2, -0.15) is 0 Å². The first-order valence-electron chi connectivity index (χ1n) is 4.54. The minimum Gasteiger partial charge on any atom is -0.397 e. The van der Waals surface area contributed by atoms with Crippen molar-refractivity contribution in [3.05, 3.63) is 38.6 Å². The third-order valence-electron chi connectivity index (χ3n) is 1.92. The van der Waals surface area contributed by atoms with Crippen molar-refractivity contribution in [1.82, 2.24) is 4.98 Å². The Balaban J connectivity index is 2.04. The van der Waals surface area contributed by atoms with E-state index in [1.807, 2.05) is 12.1 Å². The van der Waals surface area contributed by atoms with Gasteiger partial charge in [0.1, 0.15) is 5.82 Å². The summed E-state index contributed by atoms with van der Waals surface area (Å²) in [5.41, 5.74) is 6.10. The highest BCUT2D eigenvalue weighted by molar-refractivity contribution is 7.16. The van der Waals surface area contributed by atoms with Gasteiger partial charge in [0.25, 0.3) is 0 Å². The molecule has 0 bridgehead atoms. The van der Waals surface area contributed by atoms with Crippen molar-refractivity contribution in [2.45, 2.75) is 6.54 Å². The molecule has 0 fully saturated rings. The quantitative estimate of drug-likeness (QED) is 0.898. The van der Waals surface area contributed by atoms with E-state index >= 15 is 0 Å². The minimum absolute atomic E-state index is 0.516. The number of hydrogen-bond acceptors (Lipinski definition) is 4. The van der Waals surface area contributed by atoms with E-state index < -0.39 is 0 Å². The normalized spacial score (nSPS) is 10.4. The maximum Gasteiger partial charge on any atom is 0.145 e. The molecule has 16 heavy (non-hydrogen) atoms. The van der Waals surface area contributed by atoms with E-state index in [0.717, 1.165) is 9.21 Å². The van der Waals surface area contributed by atoms with Crippen molar-refractivity contribution in [2.75, 3.05) is 11.1 Å². The fourth-order valence-electron chi connectivity index (χ4n) is 1.20. The number of nitrogens with zero attached hydrogens (tertiary/aromatic N) is 1. The molecule has 2 rings (SSSR count). The Kier molecular flexibility index (Phi) is 3.53. The lowest BCUT2D eigenvalue weighted by Crippen LogP contribution is -2.01. The van der Waals surface area contributed by atoms with E-state index in [0.29, 0.717) is 23.1 Å². The smallest absolute Gasteiger partial charge is 0.145 e. The lowest BCUT2D eigenvalue weighted by atomic mass is 10.4. The minimum atomic E-state index is 0.516. The molecule has 84 valence electrons. The van der Waals surface area contributed by atoms with E-state index in [1.165, 1.54) is 11.3 Å². The van der Waals surface area contributed by atoms with Gasteiger partial charge in [0.2, 0.25) is 0 Å². The molecule has 2 aromatic rings. The molecule has 0 saturated heterocycles. The number of pyridine rings is 1. The van der Waals surface area contributed by atoms with E-state index in [2.05, 4.69) is 10.3 Å². The van der Waals surface area contributed by atoms with Gasteiger partial charge in [-0.1, -0.05) is 23.2 Å². The first-order valence-corrected chi connectivity index (χ1v) is 6.11. The van der Waals surface area contributed by atoms with Gasteiger partial charge < -0.3 is 11.1 Å². The first-order chi connectivity index (χ1) is 7.65. The summed E-state index contributed by atoms with van der Waals surface area (Å²) in [5.74, 6) is 0.625. The molecular weight excluding hydrogens is 265 g/mol. The van der Waals surface area contributed by atoms with Crippen LogP contribution in [-0.4, -0.2) is 4.98 Å². The van der Waals surface area contributed by atoms with Crippen LogP contribution < -0.4 is 11.1 Å². The second-order valence-electron chi connectivity index (χ2n) is 3.16. The SMILES string of the molecule is Nc1cnc(NCc2ccc(Cl)s2)c(Cl)c1. The fourth-order valence-corrected chi connectivity index (χ4v) is 2.47. The van der Waals surface area contributed by atoms with Crippen molar-refractivity contribution >= 4 is 46.0 Å². The Morgan fingerprint density at radius 2 is 2.19 bits per heavy atom. The number of nitrogens with two attached hydrogens (primary N) is 1. The zero-order valence-corrected chi connectivity index (χ0v) is 10.5. The summed E-state index contributed by atoms with van der Waals surface area (Å²) in [5, 5.41) is 3.64. The Morgan fingerprint density at radius 1 is 1.38 bits per heavy atom. The second kappa shape index (κ2) is 4.91. The van der Waals surface area contributed by atoms with Crippen LogP contribution in [0.3, 0.4) is 0 Å². The molecule has 0 radical (unpaired) electrons. The number of rotatable bonds is 3. The molecule has 0 amide bonds. The number of hydrogen-bond donors (Lipinski definition) is 2. The van der Waals surface area contributed by atoms with E-state index in [9.17, 15) is 0 Å². The third-order valence-corrected chi connectivity index (χ3v) is 3.44. The Morgan fingerprint density at radius 3 is 2.81 bits per heavy atom. The van der Waals surface area contributed by atoms with Crippen LogP contribution in [0, 0.1) is 0 Å². The summed E-state index contributed by atoms with van der Waals surface area (Å²) >= 11 is 13.3. The molecule has 0 saturated carbocycles. The van der Waals surface area contributed by atoms with Gasteiger partial charge in [-0.05, 0) is 18.2 Å². The highest BCUT2D eigenvalue weighted by Crippen LogP contribution is 2.24. The summed E-state index contributed by atoms with van der Waals surface area (Å²) < 4.78 is 0.771. The van der Waals surface area contributed by atoms with Gasteiger partial charge in [-0.15, -0.1) is 11.3 Å². The van der Waals surface area contributed by atoms with Crippen molar-refractivity contribution in [2.24, 2.45) is 0 Å². The molecule has 6 heteroatoms. The molecule has 0 aliphatic carbocycles. The number of anilines is 2. The average Bonchev–Trinajstić information content (AvgIpc) is 2.63. The molecule has 0 atom stereocenters. The molecule has 0 spiro atoms. The summed E-state index contributed by atoms with van der Waals surface area (Å²) in [4.78, 5) is 5.23. The van der Waals surface area contributed by atoms with Crippen LogP contribution in [0.1, 0.15) is 4.88 Å². The van der Waals surface area contributed by atoms with E-state index in [-0.39, 0.29) is 0 Å². The van der Waals surface area contributed by atoms with Crippen LogP contribution in [0.4, 0.5) is 11.5 Å². The molecule has 0 aromatic carbocycles. The summed E-state index contributed by atoms with van der Waals surface area (Å²) in [7, 11) is 0. The van der Waals surface area contributed by atoms with Gasteiger partial charge in [-0.3, -0.25) is 0 Å². The monoisotopic (exact) mass is 273 g/mol. The topological polar surface area (TPSA) is 50.9 Å². The van der Waals surface area contributed by atoms with Gasteiger partial charge in [-0.25, -0.2) is 4.98 Å². The number of halogens is 2.